The molecule has 1 aliphatic carbocycles. The summed E-state index contributed by atoms with van der Waals surface area (Å²) in [7, 11) is -3.98. The molecule has 6 rings (SSSR count). The Hall–Kier alpha value is -3.97. The molecule has 10 nitrogen and oxygen atoms in total. The van der Waals surface area contributed by atoms with Crippen LogP contribution in [0.5, 0.6) is 5.88 Å². The van der Waals surface area contributed by atoms with Gasteiger partial charge in [-0.15, -0.1) is 10.2 Å². The van der Waals surface area contributed by atoms with Gasteiger partial charge in [-0.3, -0.25) is 9.20 Å². The quantitative estimate of drug-likeness (QED) is 0.292. The van der Waals surface area contributed by atoms with Gasteiger partial charge in [0.1, 0.15) is 10.5 Å². The van der Waals surface area contributed by atoms with Gasteiger partial charge in [0.2, 0.25) is 21.7 Å². The second-order valence-electron chi connectivity index (χ2n) is 12.5. The van der Waals surface area contributed by atoms with Crippen LogP contribution in [0.2, 0.25) is 0 Å². The summed E-state index contributed by atoms with van der Waals surface area (Å²) in [5, 5.41) is 18.0. The van der Waals surface area contributed by atoms with Gasteiger partial charge >= 0.3 is 5.97 Å². The van der Waals surface area contributed by atoms with Crippen molar-refractivity contribution in [3.05, 3.63) is 81.9 Å². The Balaban J connectivity index is 1.45. The minimum atomic E-state index is -3.98. The number of carboxylic acid groups (broad SMARTS) is 1. The minimum absolute atomic E-state index is 0.0281. The molecule has 2 aliphatic rings. The molecule has 1 N–H and O–H groups in total. The SMILES string of the molecule is Cc1cnc2c(c1)S(=O)(=O)N(Cc1cc(C(c3ccn4c(C(F)F)nnc4c3C)C(C)(C)C(=O)O)ccc1C)CC1(CC1)O2. The van der Waals surface area contributed by atoms with E-state index in [4.69, 9.17) is 4.74 Å². The third-order valence-corrected chi connectivity index (χ3v) is 10.7. The molecule has 0 saturated heterocycles. The maximum atomic E-state index is 14.0. The number of aryl methyl sites for hydroxylation is 3. The van der Waals surface area contributed by atoms with E-state index in [0.717, 1.165) is 5.56 Å². The number of benzene rings is 1. The number of hydrogen-bond donors (Lipinski definition) is 1. The Kier molecular flexibility index (Phi) is 7.04. The first-order valence-electron chi connectivity index (χ1n) is 14.3. The summed E-state index contributed by atoms with van der Waals surface area (Å²) in [5.41, 5.74) is 2.22. The molecule has 4 heterocycles. The predicted octanol–water partition coefficient (Wildman–Crippen LogP) is 5.35. The smallest absolute Gasteiger partial charge is 0.310 e. The third kappa shape index (κ3) is 4.91. The van der Waals surface area contributed by atoms with Crippen LogP contribution < -0.4 is 4.74 Å². The van der Waals surface area contributed by atoms with E-state index in [-0.39, 0.29) is 29.5 Å². The Morgan fingerprint density at radius 2 is 1.86 bits per heavy atom. The maximum Gasteiger partial charge on any atom is 0.310 e. The van der Waals surface area contributed by atoms with Crippen LogP contribution in [-0.4, -0.2) is 55.5 Å². The molecule has 0 bridgehead atoms. The second kappa shape index (κ2) is 10.3. The molecule has 3 aromatic heterocycles. The maximum absolute atomic E-state index is 14.0. The highest BCUT2D eigenvalue weighted by Crippen LogP contribution is 2.47. The van der Waals surface area contributed by atoms with Gasteiger partial charge in [-0.1, -0.05) is 18.2 Å². The molecule has 1 saturated carbocycles. The standard InChI is InChI=1S/C31H33F2N5O5S/c1-17-12-23-28(34-14-17)43-31(9-10-31)16-37(44(23,41)42)15-21-13-20(7-6-18(21)2)24(30(4,5)29(39)40)22-8-11-38-26(19(22)3)35-36-27(38)25(32)33/h6-8,11-14,24-25H,9-10,15-16H2,1-5H3,(H,39,40). The largest absolute Gasteiger partial charge is 0.481 e. The lowest BCUT2D eigenvalue weighted by atomic mass is 9.70. The average Bonchev–Trinajstić information content (AvgIpc) is 3.57. The number of fused-ring (bicyclic) bond motifs is 2. The molecule has 0 amide bonds. The van der Waals surface area contributed by atoms with E-state index in [1.165, 1.54) is 14.9 Å². The number of aromatic nitrogens is 4. The summed E-state index contributed by atoms with van der Waals surface area (Å²) in [6, 6.07) is 8.73. The Bertz CT molecular complexity index is 1920. The molecular weight excluding hydrogens is 592 g/mol. The van der Waals surface area contributed by atoms with Crippen LogP contribution in [-0.2, 0) is 21.4 Å². The molecule has 1 atom stereocenters. The van der Waals surface area contributed by atoms with Gasteiger partial charge in [-0.25, -0.2) is 22.2 Å². The van der Waals surface area contributed by atoms with E-state index in [2.05, 4.69) is 15.2 Å². The first kappa shape index (κ1) is 30.1. The monoisotopic (exact) mass is 625 g/mol. The minimum Gasteiger partial charge on any atom is -0.481 e. The fraction of sp³-hybridized carbons (Fsp3) is 0.419. The molecule has 1 unspecified atom stereocenters. The number of pyridine rings is 2. The van der Waals surface area contributed by atoms with Crippen LogP contribution in [0, 0.1) is 26.2 Å². The van der Waals surface area contributed by atoms with Gasteiger partial charge in [0.05, 0.1) is 12.0 Å². The number of rotatable bonds is 7. The molecule has 4 aromatic rings. The zero-order valence-corrected chi connectivity index (χ0v) is 25.8. The molecule has 1 aliphatic heterocycles. The number of sulfonamides is 1. The van der Waals surface area contributed by atoms with Gasteiger partial charge in [0, 0.05) is 24.9 Å². The first-order valence-corrected chi connectivity index (χ1v) is 15.7. The Labute approximate surface area is 253 Å². The van der Waals surface area contributed by atoms with Gasteiger partial charge in [0.25, 0.3) is 6.43 Å². The molecule has 1 aromatic carbocycles. The molecule has 44 heavy (non-hydrogen) atoms. The van der Waals surface area contributed by atoms with Crippen molar-refractivity contribution in [3.63, 3.8) is 0 Å². The van der Waals surface area contributed by atoms with E-state index < -0.39 is 45.2 Å². The van der Waals surface area contributed by atoms with Crippen molar-refractivity contribution in [2.24, 2.45) is 5.41 Å². The molecule has 0 radical (unpaired) electrons. The van der Waals surface area contributed by atoms with Crippen molar-refractivity contribution in [1.29, 1.82) is 0 Å². The number of carbonyl (C=O) groups is 1. The fourth-order valence-electron chi connectivity index (χ4n) is 6.03. The van der Waals surface area contributed by atoms with Crippen LogP contribution in [0.4, 0.5) is 8.78 Å². The number of halogens is 2. The van der Waals surface area contributed by atoms with Crippen molar-refractivity contribution >= 4 is 21.6 Å². The van der Waals surface area contributed by atoms with E-state index in [9.17, 15) is 27.1 Å². The number of aliphatic carboxylic acids is 1. The van der Waals surface area contributed by atoms with Crippen LogP contribution in [0.15, 0.2) is 47.6 Å². The zero-order valence-electron chi connectivity index (χ0n) is 25.0. The topological polar surface area (TPSA) is 127 Å². The fourth-order valence-corrected chi connectivity index (χ4v) is 7.67. The van der Waals surface area contributed by atoms with Crippen molar-refractivity contribution in [3.8, 4) is 5.88 Å². The van der Waals surface area contributed by atoms with Crippen LogP contribution in [0.25, 0.3) is 5.65 Å². The lowest BCUT2D eigenvalue weighted by molar-refractivity contribution is -0.147. The number of nitrogens with zero attached hydrogens (tertiary/aromatic N) is 5. The molecule has 232 valence electrons. The highest BCUT2D eigenvalue weighted by molar-refractivity contribution is 7.89. The lowest BCUT2D eigenvalue weighted by Gasteiger charge is -2.33. The van der Waals surface area contributed by atoms with E-state index in [0.29, 0.717) is 40.7 Å². The van der Waals surface area contributed by atoms with Crippen molar-refractivity contribution in [2.45, 2.75) is 76.8 Å². The molecule has 1 spiro atoms. The first-order chi connectivity index (χ1) is 20.6. The summed E-state index contributed by atoms with van der Waals surface area (Å²) >= 11 is 0. The number of ether oxygens (including phenoxy) is 1. The van der Waals surface area contributed by atoms with Gasteiger partial charge in [-0.2, -0.15) is 4.31 Å². The summed E-state index contributed by atoms with van der Waals surface area (Å²) in [6.45, 7) is 8.78. The van der Waals surface area contributed by atoms with Gasteiger partial charge in [0.15, 0.2) is 5.65 Å². The Morgan fingerprint density at radius 1 is 1.14 bits per heavy atom. The number of carboxylic acids is 1. The second-order valence-corrected chi connectivity index (χ2v) is 14.4. The van der Waals surface area contributed by atoms with E-state index in [1.807, 2.05) is 25.1 Å². The number of alkyl halides is 2. The summed E-state index contributed by atoms with van der Waals surface area (Å²) in [4.78, 5) is 17.0. The van der Waals surface area contributed by atoms with Crippen LogP contribution in [0.1, 0.15) is 78.2 Å². The molecule has 1 fully saturated rings. The van der Waals surface area contributed by atoms with E-state index >= 15 is 0 Å². The molecular formula is C31H33F2N5O5S. The van der Waals surface area contributed by atoms with Crippen molar-refractivity contribution in [1.82, 2.24) is 23.9 Å². The molecule has 13 heteroatoms. The van der Waals surface area contributed by atoms with Gasteiger partial charge in [-0.05, 0) is 93.0 Å². The van der Waals surface area contributed by atoms with Crippen molar-refractivity contribution < 1.29 is 31.8 Å². The normalized spacial score (nSPS) is 18.2. The van der Waals surface area contributed by atoms with Crippen molar-refractivity contribution in [2.75, 3.05) is 6.54 Å². The number of hydrogen-bond acceptors (Lipinski definition) is 7. The average molecular weight is 626 g/mol. The summed E-state index contributed by atoms with van der Waals surface area (Å²) in [6.07, 6.45) is 1.61. The summed E-state index contributed by atoms with van der Waals surface area (Å²) in [5.74, 6) is -2.17. The lowest BCUT2D eigenvalue weighted by Crippen LogP contribution is -2.38. The third-order valence-electron chi connectivity index (χ3n) is 8.88. The highest BCUT2D eigenvalue weighted by atomic mass is 32.2. The van der Waals surface area contributed by atoms with E-state index in [1.54, 1.807) is 46.0 Å². The highest BCUT2D eigenvalue weighted by Gasteiger charge is 2.52. The predicted molar refractivity (Wildman–Crippen MR) is 156 cm³/mol. The summed E-state index contributed by atoms with van der Waals surface area (Å²) < 4.78 is 63.8. The van der Waals surface area contributed by atoms with Gasteiger partial charge < -0.3 is 9.84 Å². The Morgan fingerprint density at radius 3 is 2.52 bits per heavy atom. The zero-order chi connectivity index (χ0) is 31.8. The van der Waals surface area contributed by atoms with Crippen LogP contribution in [0.3, 0.4) is 0 Å². The van der Waals surface area contributed by atoms with Crippen LogP contribution >= 0.6 is 0 Å².